The molecule has 0 unspecified atom stereocenters. The van der Waals surface area contributed by atoms with Crippen molar-refractivity contribution >= 4 is 11.8 Å². The third-order valence-electron chi connectivity index (χ3n) is 5.60. The molecule has 33 heavy (non-hydrogen) atoms. The average Bonchev–Trinajstić information content (AvgIpc) is 3.37. The van der Waals surface area contributed by atoms with Crippen LogP contribution >= 0.6 is 0 Å². The number of aromatic amines is 1. The van der Waals surface area contributed by atoms with Crippen LogP contribution in [-0.2, 0) is 6.54 Å². The van der Waals surface area contributed by atoms with Gasteiger partial charge in [0, 0.05) is 25.5 Å². The van der Waals surface area contributed by atoms with E-state index >= 15 is 0 Å². The molecule has 3 aromatic heterocycles. The maximum Gasteiger partial charge on any atom is 0.320 e. The van der Waals surface area contributed by atoms with Gasteiger partial charge in [0.1, 0.15) is 23.8 Å². The molecule has 0 radical (unpaired) electrons. The monoisotopic (exact) mass is 449 g/mol. The fraction of sp³-hybridized carbons (Fsp3) is 0.364. The van der Waals surface area contributed by atoms with Gasteiger partial charge in [0.25, 0.3) is 0 Å². The second-order valence-corrected chi connectivity index (χ2v) is 7.70. The molecule has 0 aliphatic carbocycles. The lowest BCUT2D eigenvalue weighted by molar-refractivity contribution is 0.199. The van der Waals surface area contributed by atoms with Gasteiger partial charge < -0.3 is 10.3 Å². The van der Waals surface area contributed by atoms with Crippen LogP contribution in [0.25, 0.3) is 11.5 Å². The third kappa shape index (κ3) is 5.12. The van der Waals surface area contributed by atoms with E-state index in [9.17, 15) is 14.4 Å². The molecule has 3 N–H and O–H groups in total. The van der Waals surface area contributed by atoms with E-state index in [0.717, 1.165) is 31.5 Å². The third-order valence-corrected chi connectivity index (χ3v) is 5.60. The number of hydrogen-bond donors (Lipinski definition) is 3. The van der Waals surface area contributed by atoms with Crippen LogP contribution in [0.4, 0.5) is 15.0 Å². The number of rotatable bonds is 6. The van der Waals surface area contributed by atoms with Crippen LogP contribution in [0.2, 0.25) is 0 Å². The second-order valence-electron chi connectivity index (χ2n) is 7.70. The highest BCUT2D eigenvalue weighted by molar-refractivity contribution is 5.88. The molecule has 0 atom stereocenters. The zero-order valence-electron chi connectivity index (χ0n) is 18.2. The number of imidazole rings is 1. The van der Waals surface area contributed by atoms with Crippen LogP contribution < -0.4 is 10.6 Å². The van der Waals surface area contributed by atoms with Gasteiger partial charge in [-0.3, -0.25) is 10.2 Å². The van der Waals surface area contributed by atoms with E-state index in [1.165, 1.54) is 6.33 Å². The van der Waals surface area contributed by atoms with E-state index in [4.69, 9.17) is 0 Å². The van der Waals surface area contributed by atoms with E-state index in [0.29, 0.717) is 30.3 Å². The number of piperidine rings is 1. The number of amides is 2. The Labute approximate surface area is 190 Å². The summed E-state index contributed by atoms with van der Waals surface area (Å²) in [5.74, 6) is 0.0534. The molecule has 1 aliphatic rings. The van der Waals surface area contributed by atoms with Gasteiger partial charge in [-0.25, -0.2) is 29.1 Å². The number of aromatic nitrogens is 5. The number of urea groups is 1. The van der Waals surface area contributed by atoms with Crippen LogP contribution in [0, 0.1) is 17.1 Å². The summed E-state index contributed by atoms with van der Waals surface area (Å²) in [7, 11) is 0. The number of nitriles is 1. The predicted molar refractivity (Wildman–Crippen MR) is 118 cm³/mol. The van der Waals surface area contributed by atoms with Gasteiger partial charge in [0.05, 0.1) is 5.69 Å². The number of anilines is 1. The molecule has 11 heteroatoms. The first-order valence-electron chi connectivity index (χ1n) is 10.8. The first-order chi connectivity index (χ1) is 16.1. The first kappa shape index (κ1) is 22.3. The molecule has 4 heterocycles. The van der Waals surface area contributed by atoms with Gasteiger partial charge in [-0.15, -0.1) is 0 Å². The average molecular weight is 449 g/mol. The van der Waals surface area contributed by atoms with Gasteiger partial charge in [-0.05, 0) is 50.4 Å². The molecule has 1 fully saturated rings. The number of carbonyl (C=O) groups is 1. The number of halogens is 1. The summed E-state index contributed by atoms with van der Waals surface area (Å²) in [6.45, 7) is 3.95. The normalized spacial score (nSPS) is 14.6. The van der Waals surface area contributed by atoms with Crippen molar-refractivity contribution in [3.8, 4) is 17.6 Å². The molecule has 0 aromatic carbocycles. The lowest BCUT2D eigenvalue weighted by Crippen LogP contribution is -2.33. The fourth-order valence-corrected chi connectivity index (χ4v) is 3.96. The summed E-state index contributed by atoms with van der Waals surface area (Å²) in [5, 5.41) is 14.6. The standard InChI is InChI=1S/C22H24FN9O/c1-2-25-22(33)31-21-19(23)18(28-13-29-21)12-32-9-5-14(6-10-32)15-3-4-16(30-17(15)11-24)20-26-7-8-27-20/h3-4,7-8,13-14H,2,5-6,9-10,12H2,1H3,(H,26,27)(H2,25,28,29,31,33). The second kappa shape index (κ2) is 10.1. The smallest absolute Gasteiger partial charge is 0.320 e. The minimum Gasteiger partial charge on any atom is -0.343 e. The zero-order chi connectivity index (χ0) is 23.2. The van der Waals surface area contributed by atoms with Crippen LogP contribution in [0.15, 0.2) is 30.9 Å². The van der Waals surface area contributed by atoms with Crippen LogP contribution in [0.3, 0.4) is 0 Å². The Hall–Kier alpha value is -3.91. The number of likely N-dealkylation sites (tertiary alicyclic amines) is 1. The molecule has 1 aliphatic heterocycles. The maximum absolute atomic E-state index is 14.8. The van der Waals surface area contributed by atoms with E-state index in [1.54, 1.807) is 19.3 Å². The molecular formula is C22H24FN9O. The van der Waals surface area contributed by atoms with E-state index < -0.39 is 11.8 Å². The highest BCUT2D eigenvalue weighted by atomic mass is 19.1. The van der Waals surface area contributed by atoms with Crippen molar-refractivity contribution < 1.29 is 9.18 Å². The molecule has 170 valence electrons. The van der Waals surface area contributed by atoms with E-state index in [1.807, 2.05) is 12.1 Å². The van der Waals surface area contributed by atoms with Crippen molar-refractivity contribution in [3.63, 3.8) is 0 Å². The molecule has 0 spiro atoms. The first-order valence-corrected chi connectivity index (χ1v) is 10.8. The summed E-state index contributed by atoms with van der Waals surface area (Å²) in [4.78, 5) is 33.4. The maximum atomic E-state index is 14.8. The topological polar surface area (TPSA) is 136 Å². The summed E-state index contributed by atoms with van der Waals surface area (Å²) in [6.07, 6.45) is 6.23. The Morgan fingerprint density at radius 1 is 1.30 bits per heavy atom. The lowest BCUT2D eigenvalue weighted by Gasteiger charge is -2.32. The van der Waals surface area contributed by atoms with Crippen molar-refractivity contribution in [2.45, 2.75) is 32.2 Å². The van der Waals surface area contributed by atoms with Gasteiger partial charge in [0.2, 0.25) is 0 Å². The minimum absolute atomic E-state index is 0.137. The number of H-pyrrole nitrogens is 1. The zero-order valence-corrected chi connectivity index (χ0v) is 18.2. The Morgan fingerprint density at radius 3 is 2.82 bits per heavy atom. The molecule has 0 saturated carbocycles. The van der Waals surface area contributed by atoms with Crippen molar-refractivity contribution in [3.05, 3.63) is 53.6 Å². The number of carbonyl (C=O) groups excluding carboxylic acids is 1. The molecule has 10 nitrogen and oxygen atoms in total. The van der Waals surface area contributed by atoms with Gasteiger partial charge in [0.15, 0.2) is 17.5 Å². The Bertz CT molecular complexity index is 1150. The lowest BCUT2D eigenvalue weighted by atomic mass is 9.88. The fourth-order valence-electron chi connectivity index (χ4n) is 3.96. The Morgan fingerprint density at radius 2 is 2.12 bits per heavy atom. The van der Waals surface area contributed by atoms with Crippen LogP contribution in [-0.4, -0.2) is 55.5 Å². The summed E-state index contributed by atoms with van der Waals surface area (Å²) >= 11 is 0. The highest BCUT2D eigenvalue weighted by Gasteiger charge is 2.25. The molecule has 3 aromatic rings. The quantitative estimate of drug-likeness (QED) is 0.526. The summed E-state index contributed by atoms with van der Waals surface area (Å²) in [6, 6.07) is 5.53. The number of nitrogens with one attached hydrogen (secondary N) is 3. The Kier molecular flexibility index (Phi) is 6.85. The van der Waals surface area contributed by atoms with E-state index in [-0.39, 0.29) is 17.4 Å². The van der Waals surface area contributed by atoms with Crippen molar-refractivity contribution in [1.29, 1.82) is 5.26 Å². The van der Waals surface area contributed by atoms with Crippen LogP contribution in [0.1, 0.15) is 42.6 Å². The van der Waals surface area contributed by atoms with E-state index in [2.05, 4.69) is 46.5 Å². The SMILES string of the molecule is CCNC(=O)Nc1ncnc(CN2CCC(c3ccc(-c4ncc[nH]4)nc3C#N)CC2)c1F. The van der Waals surface area contributed by atoms with Crippen molar-refractivity contribution in [2.75, 3.05) is 25.0 Å². The minimum atomic E-state index is -0.629. The predicted octanol–water partition coefficient (Wildman–Crippen LogP) is 2.79. The largest absolute Gasteiger partial charge is 0.343 e. The molecule has 1 saturated heterocycles. The van der Waals surface area contributed by atoms with Gasteiger partial charge in [-0.1, -0.05) is 6.07 Å². The number of nitrogens with zero attached hydrogens (tertiary/aromatic N) is 6. The van der Waals surface area contributed by atoms with Gasteiger partial charge >= 0.3 is 6.03 Å². The number of pyridine rings is 1. The van der Waals surface area contributed by atoms with Crippen molar-refractivity contribution in [1.82, 2.24) is 35.1 Å². The number of hydrogen-bond acceptors (Lipinski definition) is 7. The molecule has 0 bridgehead atoms. The van der Waals surface area contributed by atoms with Crippen molar-refractivity contribution in [2.24, 2.45) is 0 Å². The molecule has 2 amide bonds. The summed E-state index contributed by atoms with van der Waals surface area (Å²) in [5.41, 5.74) is 2.20. The molecule has 4 rings (SSSR count). The van der Waals surface area contributed by atoms with Gasteiger partial charge in [-0.2, -0.15) is 5.26 Å². The summed E-state index contributed by atoms with van der Waals surface area (Å²) < 4.78 is 14.8. The van der Waals surface area contributed by atoms with Crippen LogP contribution in [0.5, 0.6) is 0 Å². The Balaban J connectivity index is 1.40. The molecular weight excluding hydrogens is 425 g/mol. The highest BCUT2D eigenvalue weighted by Crippen LogP contribution is 2.31.